The Kier molecular flexibility index (Phi) is 10.6. The molecule has 1 saturated carbocycles. The Balaban J connectivity index is 1.30. The number of carbonyl (C=O) groups is 1. The molecule has 1 spiro atoms. The lowest BCUT2D eigenvalue weighted by Crippen LogP contribution is -2.59. The lowest BCUT2D eigenvalue weighted by molar-refractivity contribution is -0.0953. The highest BCUT2D eigenvalue weighted by molar-refractivity contribution is 7.99. The van der Waals surface area contributed by atoms with Crippen molar-refractivity contribution in [2.75, 3.05) is 71.0 Å². The SMILES string of the molecule is C=S1(=O)NC(=O)c2ccc3c(c2)N(C[C@@H]2CC[C@H]2[C@@](CN2CCN(CC)CC2)(OC)/C=C/C[C@H](C)[C@H]1C)C[C@@]1(CCCc2cc(Cl)ccc21)CO3. The summed E-state index contributed by atoms with van der Waals surface area (Å²) >= 11 is 6.51. The van der Waals surface area contributed by atoms with Gasteiger partial charge >= 0.3 is 0 Å². The first-order chi connectivity index (χ1) is 24.5. The van der Waals surface area contributed by atoms with Crippen LogP contribution >= 0.6 is 11.6 Å². The van der Waals surface area contributed by atoms with E-state index in [1.807, 2.05) is 32.2 Å². The van der Waals surface area contributed by atoms with Gasteiger partial charge in [-0.25, -0.2) is 4.21 Å². The summed E-state index contributed by atoms with van der Waals surface area (Å²) in [5.41, 5.74) is 3.35. The van der Waals surface area contributed by atoms with Crippen LogP contribution in [0.15, 0.2) is 48.6 Å². The Bertz CT molecular complexity index is 1740. The molecule has 5 aliphatic rings. The molecule has 278 valence electrons. The highest BCUT2D eigenvalue weighted by atomic mass is 35.5. The molecule has 1 saturated heterocycles. The van der Waals surface area contributed by atoms with Gasteiger partial charge in [-0.05, 0) is 117 Å². The molecule has 2 aromatic rings. The lowest BCUT2D eigenvalue weighted by atomic mass is 9.63. The number of piperazine rings is 1. The van der Waals surface area contributed by atoms with Crippen LogP contribution in [0.4, 0.5) is 5.69 Å². The van der Waals surface area contributed by atoms with Gasteiger partial charge in [-0.3, -0.25) is 14.4 Å². The Labute approximate surface area is 311 Å². The van der Waals surface area contributed by atoms with Crippen molar-refractivity contribution in [3.8, 4) is 5.75 Å². The number of aryl methyl sites for hydroxylation is 1. The van der Waals surface area contributed by atoms with Crippen molar-refractivity contribution in [2.45, 2.75) is 75.6 Å². The number of nitrogens with zero attached hydrogens (tertiary/aromatic N) is 3. The predicted molar refractivity (Wildman–Crippen MR) is 210 cm³/mol. The number of amides is 1. The van der Waals surface area contributed by atoms with Crippen molar-refractivity contribution in [2.24, 2.45) is 17.8 Å². The zero-order valence-corrected chi connectivity index (χ0v) is 32.6. The normalized spacial score (nSPS) is 35.5. The first-order valence-electron chi connectivity index (χ1n) is 19.1. The number of hydrogen-bond acceptors (Lipinski definition) is 7. The number of nitrogens with one attached hydrogen (secondary N) is 1. The molecule has 1 unspecified atom stereocenters. The summed E-state index contributed by atoms with van der Waals surface area (Å²) in [6.45, 7) is 14.6. The maximum Gasteiger partial charge on any atom is 0.262 e. The smallest absolute Gasteiger partial charge is 0.262 e. The average Bonchev–Trinajstić information content (AvgIpc) is 3.25. The van der Waals surface area contributed by atoms with Crippen molar-refractivity contribution in [1.82, 2.24) is 14.5 Å². The van der Waals surface area contributed by atoms with E-state index in [1.54, 1.807) is 6.07 Å². The van der Waals surface area contributed by atoms with E-state index < -0.39 is 15.3 Å². The molecular weight excluding hydrogens is 680 g/mol. The fourth-order valence-electron chi connectivity index (χ4n) is 9.52. The van der Waals surface area contributed by atoms with E-state index in [-0.39, 0.29) is 22.5 Å². The summed E-state index contributed by atoms with van der Waals surface area (Å²) in [6.07, 6.45) is 10.6. The van der Waals surface area contributed by atoms with E-state index in [9.17, 15) is 9.00 Å². The minimum Gasteiger partial charge on any atom is -0.490 e. The third-order valence-electron chi connectivity index (χ3n) is 13.1. The van der Waals surface area contributed by atoms with Gasteiger partial charge in [0, 0.05) is 74.2 Å². The van der Waals surface area contributed by atoms with Crippen LogP contribution in [0.1, 0.15) is 74.4 Å². The highest BCUT2D eigenvalue weighted by Crippen LogP contribution is 2.49. The molecule has 7 atom stereocenters. The zero-order chi connectivity index (χ0) is 36.0. The number of ether oxygens (including phenoxy) is 2. The molecule has 10 heteroatoms. The molecule has 1 N–H and O–H groups in total. The second kappa shape index (κ2) is 14.7. The number of anilines is 1. The molecule has 2 aliphatic carbocycles. The van der Waals surface area contributed by atoms with Crippen LogP contribution in [0.25, 0.3) is 0 Å². The maximum absolute atomic E-state index is 14.0. The van der Waals surface area contributed by atoms with Crippen molar-refractivity contribution >= 4 is 38.8 Å². The third-order valence-corrected chi connectivity index (χ3v) is 15.6. The summed E-state index contributed by atoms with van der Waals surface area (Å²) in [7, 11) is -1.05. The van der Waals surface area contributed by atoms with E-state index in [0.29, 0.717) is 24.0 Å². The third kappa shape index (κ3) is 7.22. The Morgan fingerprint density at radius 2 is 1.88 bits per heavy atom. The number of likely N-dealkylation sites (N-methyl/N-ethyl adjacent to an activating group) is 1. The second-order valence-electron chi connectivity index (χ2n) is 16.1. The average molecular weight is 737 g/mol. The molecule has 1 amide bonds. The maximum atomic E-state index is 14.0. The summed E-state index contributed by atoms with van der Waals surface area (Å²) in [4.78, 5) is 21.4. The van der Waals surface area contributed by atoms with Gasteiger partial charge in [0.1, 0.15) is 11.4 Å². The fraction of sp³-hybridized carbons (Fsp3) is 0.610. The summed E-state index contributed by atoms with van der Waals surface area (Å²) < 4.78 is 30.3. The van der Waals surface area contributed by atoms with E-state index in [0.717, 1.165) is 107 Å². The molecule has 7 rings (SSSR count). The largest absolute Gasteiger partial charge is 0.490 e. The van der Waals surface area contributed by atoms with Gasteiger partial charge < -0.3 is 19.3 Å². The number of benzene rings is 2. The standard InChI is InChI=1S/C41H57ClN4O4S/c1-6-44-19-21-45(22-20-44)27-41(49-4)18-7-9-29(2)30(3)51(5,48)43-39(47)32-12-16-38-37(24-32)46(25-33-11-14-36(33)41)26-40(28-50-38)17-8-10-31-23-34(42)13-15-35(31)40/h7,12-13,15-16,18,23-24,29-30,33,36H,5-6,8-11,14,17,19-22,25-28H2,1-4H3,(H,43,47,48)/b18-7+/t29-,30+,33-,36+,40-,41+,51?/m0/s1. The van der Waals surface area contributed by atoms with Crippen LogP contribution in [-0.4, -0.2) is 103 Å². The zero-order valence-electron chi connectivity index (χ0n) is 31.0. The molecular formula is C41H57ClN4O4S. The second-order valence-corrected chi connectivity index (χ2v) is 18.9. The summed E-state index contributed by atoms with van der Waals surface area (Å²) in [5.74, 6) is 5.25. The molecule has 3 aliphatic heterocycles. The highest BCUT2D eigenvalue weighted by Gasteiger charge is 2.50. The number of methoxy groups -OCH3 is 1. The molecule has 8 nitrogen and oxygen atoms in total. The molecule has 0 radical (unpaired) electrons. The lowest BCUT2D eigenvalue weighted by Gasteiger charge is -2.52. The molecule has 2 bridgehead atoms. The van der Waals surface area contributed by atoms with Crippen molar-refractivity contribution in [1.29, 1.82) is 0 Å². The van der Waals surface area contributed by atoms with E-state index >= 15 is 0 Å². The molecule has 2 aromatic carbocycles. The number of carbonyl (C=O) groups excluding carboxylic acids is 1. The van der Waals surface area contributed by atoms with Gasteiger partial charge in [0.15, 0.2) is 0 Å². The van der Waals surface area contributed by atoms with E-state index in [4.69, 9.17) is 21.1 Å². The van der Waals surface area contributed by atoms with Gasteiger partial charge in [0.2, 0.25) is 0 Å². The topological polar surface area (TPSA) is 74.4 Å². The van der Waals surface area contributed by atoms with Crippen molar-refractivity contribution in [3.63, 3.8) is 0 Å². The van der Waals surface area contributed by atoms with E-state index in [2.05, 4.69) is 63.4 Å². The Morgan fingerprint density at radius 1 is 1.10 bits per heavy atom. The van der Waals surface area contributed by atoms with E-state index in [1.165, 1.54) is 11.1 Å². The van der Waals surface area contributed by atoms with Crippen LogP contribution in [-0.2, 0) is 26.3 Å². The van der Waals surface area contributed by atoms with Gasteiger partial charge in [0.25, 0.3) is 5.91 Å². The van der Waals surface area contributed by atoms with Gasteiger partial charge in [-0.1, -0.05) is 43.7 Å². The molecule has 51 heavy (non-hydrogen) atoms. The number of rotatable bonds is 4. The van der Waals surface area contributed by atoms with Crippen LogP contribution in [0.5, 0.6) is 5.75 Å². The predicted octanol–water partition coefficient (Wildman–Crippen LogP) is 6.21. The van der Waals surface area contributed by atoms with Crippen LogP contribution in [0.3, 0.4) is 0 Å². The number of allylic oxidation sites excluding steroid dienone is 1. The molecule has 2 fully saturated rings. The van der Waals surface area contributed by atoms with Crippen LogP contribution in [0.2, 0.25) is 5.02 Å². The molecule has 3 heterocycles. The number of hydrogen-bond donors (Lipinski definition) is 1. The van der Waals surface area contributed by atoms with Crippen molar-refractivity contribution in [3.05, 3.63) is 70.3 Å². The van der Waals surface area contributed by atoms with Gasteiger partial charge in [-0.2, -0.15) is 0 Å². The Morgan fingerprint density at radius 3 is 2.61 bits per heavy atom. The fourth-order valence-corrected chi connectivity index (χ4v) is 11.2. The van der Waals surface area contributed by atoms with Crippen molar-refractivity contribution < 1.29 is 18.5 Å². The minimum absolute atomic E-state index is 0.0414. The monoisotopic (exact) mass is 736 g/mol. The minimum atomic E-state index is -2.94. The quantitative estimate of drug-likeness (QED) is 0.296. The number of fused-ring (bicyclic) bond motifs is 4. The number of halogens is 1. The first-order valence-corrected chi connectivity index (χ1v) is 21.3. The first kappa shape index (κ1) is 36.8. The van der Waals surface area contributed by atoms with Crippen LogP contribution < -0.4 is 14.4 Å². The summed E-state index contributed by atoms with van der Waals surface area (Å²) in [6, 6.07) is 12.0. The molecule has 0 aromatic heterocycles. The van der Waals surface area contributed by atoms with Gasteiger partial charge in [-0.15, -0.1) is 0 Å². The summed E-state index contributed by atoms with van der Waals surface area (Å²) in [5, 5.41) is 0.447. The Hall–Kier alpha value is -2.56. The van der Waals surface area contributed by atoms with Gasteiger partial charge in [0.05, 0.1) is 22.0 Å². The van der Waals surface area contributed by atoms with Crippen LogP contribution in [0, 0.1) is 17.8 Å².